The molecule has 0 aromatic heterocycles. The smallest absolute Gasteiger partial charge is 0.110 e. The van der Waals surface area contributed by atoms with E-state index in [4.69, 9.17) is 0 Å². The van der Waals surface area contributed by atoms with E-state index < -0.39 is 5.41 Å². The lowest BCUT2D eigenvalue weighted by Gasteiger charge is -2.48. The maximum absolute atomic E-state index is 10.5. The van der Waals surface area contributed by atoms with Crippen molar-refractivity contribution in [2.45, 2.75) is 43.2 Å². The number of halogens is 1. The van der Waals surface area contributed by atoms with Gasteiger partial charge in [0, 0.05) is 25.7 Å². The quantitative estimate of drug-likeness (QED) is 0.703. The van der Waals surface area contributed by atoms with E-state index in [1.54, 1.807) is 0 Å². The van der Waals surface area contributed by atoms with E-state index in [-0.39, 0.29) is 17.0 Å². The summed E-state index contributed by atoms with van der Waals surface area (Å²) in [7, 11) is 4.77. The van der Waals surface area contributed by atoms with Crippen LogP contribution in [0.15, 0.2) is 60.7 Å². The van der Waals surface area contributed by atoms with Gasteiger partial charge in [0.05, 0.1) is 32.2 Å². The Morgan fingerprint density at radius 1 is 0.846 bits per heavy atom. The molecule has 2 aromatic carbocycles. The fraction of sp³-hybridized carbons (Fsp3) is 0.435. The van der Waals surface area contributed by atoms with Gasteiger partial charge in [-0.2, -0.15) is 5.26 Å². The summed E-state index contributed by atoms with van der Waals surface area (Å²) in [5.74, 6) is 0.381. The first kappa shape index (κ1) is 19.1. The highest BCUT2D eigenvalue weighted by atomic mass is 79.9. The Morgan fingerprint density at radius 2 is 1.27 bits per heavy atom. The zero-order valence-electron chi connectivity index (χ0n) is 15.6. The molecule has 2 aromatic rings. The van der Waals surface area contributed by atoms with Gasteiger partial charge in [0.1, 0.15) is 5.41 Å². The first-order valence-corrected chi connectivity index (χ1v) is 9.44. The van der Waals surface area contributed by atoms with Gasteiger partial charge in [-0.1, -0.05) is 60.7 Å². The highest BCUT2D eigenvalue weighted by Gasteiger charge is 2.55. The van der Waals surface area contributed by atoms with Crippen molar-refractivity contribution in [2.75, 3.05) is 14.1 Å². The molecule has 0 spiro atoms. The Balaban J connectivity index is 0.00000196. The summed E-state index contributed by atoms with van der Waals surface area (Å²) >= 11 is 0. The Hall–Kier alpha value is -1.63. The Labute approximate surface area is 167 Å². The summed E-state index contributed by atoms with van der Waals surface area (Å²) in [6.45, 7) is 0. The lowest BCUT2D eigenvalue weighted by molar-refractivity contribution is -0.931. The molecule has 2 saturated heterocycles. The van der Waals surface area contributed by atoms with E-state index in [1.165, 1.54) is 12.8 Å². The molecule has 2 aliphatic rings. The topological polar surface area (TPSA) is 23.8 Å². The van der Waals surface area contributed by atoms with E-state index >= 15 is 0 Å². The third-order valence-electron chi connectivity index (χ3n) is 7.08. The molecule has 0 N–H and O–H groups in total. The van der Waals surface area contributed by atoms with Crippen LogP contribution in [0.4, 0.5) is 0 Å². The van der Waals surface area contributed by atoms with Crippen molar-refractivity contribution in [1.29, 1.82) is 5.26 Å². The van der Waals surface area contributed by atoms with Gasteiger partial charge in [-0.25, -0.2) is 0 Å². The van der Waals surface area contributed by atoms with Crippen molar-refractivity contribution >= 4 is 0 Å². The number of piperidine rings is 1. The zero-order chi connectivity index (χ0) is 17.5. The molecule has 2 aliphatic heterocycles. The molecule has 26 heavy (non-hydrogen) atoms. The normalized spacial score (nSPS) is 26.6. The number of nitriles is 1. The van der Waals surface area contributed by atoms with Crippen LogP contribution < -0.4 is 17.0 Å². The van der Waals surface area contributed by atoms with Gasteiger partial charge in [-0.05, 0) is 17.0 Å². The fourth-order valence-electron chi connectivity index (χ4n) is 5.49. The molecule has 4 rings (SSSR count). The minimum absolute atomic E-state index is 0. The predicted molar refractivity (Wildman–Crippen MR) is 101 cm³/mol. The summed E-state index contributed by atoms with van der Waals surface area (Å²) in [5, 5.41) is 10.5. The van der Waals surface area contributed by atoms with Gasteiger partial charge >= 0.3 is 0 Å². The molecule has 0 radical (unpaired) electrons. The minimum Gasteiger partial charge on any atom is -1.00 e. The second-order valence-electron chi connectivity index (χ2n) is 8.33. The monoisotopic (exact) mass is 410 g/mol. The molecule has 0 unspecified atom stereocenters. The average Bonchev–Trinajstić information content (AvgIpc) is 2.82. The van der Waals surface area contributed by atoms with Gasteiger partial charge in [-0.3, -0.25) is 0 Å². The summed E-state index contributed by atoms with van der Waals surface area (Å²) in [6.07, 6.45) is 4.89. The van der Waals surface area contributed by atoms with Crippen LogP contribution in [0.1, 0.15) is 36.8 Å². The Kier molecular flexibility index (Phi) is 5.28. The average molecular weight is 411 g/mol. The number of quaternary nitrogens is 1. The van der Waals surface area contributed by atoms with Crippen LogP contribution in [-0.2, 0) is 5.41 Å². The number of rotatable bonds is 3. The van der Waals surface area contributed by atoms with Crippen LogP contribution in [0, 0.1) is 17.2 Å². The van der Waals surface area contributed by atoms with Crippen molar-refractivity contribution < 1.29 is 21.5 Å². The molecule has 2 bridgehead atoms. The standard InChI is InChI=1S/C23H27N2.BrH/c1-25(2)21-13-14-22(25)16-20(15-21)23(17-24,18-9-5-3-6-10-18)19-11-7-4-8-12-19;/h3-12,20-22H,13-16H2,1-2H3;1H/q+1;/p-1/t21-,22-;/m1./s1. The predicted octanol–water partition coefficient (Wildman–Crippen LogP) is 1.52. The maximum atomic E-state index is 10.5. The molecule has 0 amide bonds. The summed E-state index contributed by atoms with van der Waals surface area (Å²) < 4.78 is 1.14. The second kappa shape index (κ2) is 7.18. The summed E-state index contributed by atoms with van der Waals surface area (Å²) in [6, 6.07) is 25.1. The third kappa shape index (κ3) is 2.80. The van der Waals surface area contributed by atoms with Gasteiger partial charge in [-0.15, -0.1) is 0 Å². The minimum atomic E-state index is -0.538. The van der Waals surface area contributed by atoms with Crippen molar-refractivity contribution in [1.82, 2.24) is 0 Å². The van der Waals surface area contributed by atoms with Crippen LogP contribution in [0.3, 0.4) is 0 Å². The molecule has 2 heterocycles. The van der Waals surface area contributed by atoms with Gasteiger partial charge in [0.15, 0.2) is 0 Å². The van der Waals surface area contributed by atoms with E-state index in [9.17, 15) is 5.26 Å². The maximum Gasteiger partial charge on any atom is 0.110 e. The molecule has 2 nitrogen and oxygen atoms in total. The summed E-state index contributed by atoms with van der Waals surface area (Å²) in [5.41, 5.74) is 1.77. The molecular weight excluding hydrogens is 384 g/mol. The number of hydrogen-bond donors (Lipinski definition) is 0. The van der Waals surface area contributed by atoms with E-state index in [1.807, 2.05) is 12.1 Å². The van der Waals surface area contributed by atoms with Crippen LogP contribution in [-0.4, -0.2) is 30.7 Å². The molecule has 0 saturated carbocycles. The molecule has 2 atom stereocenters. The van der Waals surface area contributed by atoms with Crippen molar-refractivity contribution in [3.05, 3.63) is 71.8 Å². The zero-order valence-corrected chi connectivity index (χ0v) is 17.2. The van der Waals surface area contributed by atoms with Crippen molar-refractivity contribution in [3.63, 3.8) is 0 Å². The largest absolute Gasteiger partial charge is 1.00 e. The number of nitrogens with zero attached hydrogens (tertiary/aromatic N) is 2. The summed E-state index contributed by atoms with van der Waals surface area (Å²) in [4.78, 5) is 0. The van der Waals surface area contributed by atoms with Crippen molar-refractivity contribution in [2.24, 2.45) is 5.92 Å². The first-order valence-electron chi connectivity index (χ1n) is 9.44. The highest BCUT2D eigenvalue weighted by molar-refractivity contribution is 5.47. The molecular formula is C23H27BrN2. The fourth-order valence-corrected chi connectivity index (χ4v) is 5.49. The number of fused-ring (bicyclic) bond motifs is 2. The van der Waals surface area contributed by atoms with Gasteiger partial charge in [0.25, 0.3) is 0 Å². The molecule has 136 valence electrons. The van der Waals surface area contributed by atoms with E-state index in [0.717, 1.165) is 28.5 Å². The molecule has 2 fully saturated rings. The lowest BCUT2D eigenvalue weighted by atomic mass is 9.62. The Bertz CT molecular complexity index is 723. The lowest BCUT2D eigenvalue weighted by Crippen LogP contribution is -3.00. The van der Waals surface area contributed by atoms with Crippen LogP contribution in [0.25, 0.3) is 0 Å². The van der Waals surface area contributed by atoms with Crippen molar-refractivity contribution in [3.8, 4) is 6.07 Å². The number of benzene rings is 2. The first-order chi connectivity index (χ1) is 12.1. The number of hydrogen-bond acceptors (Lipinski definition) is 1. The molecule has 0 aliphatic carbocycles. The SMILES string of the molecule is C[N+]1(C)[C@@H]2CC[C@@H]1CC(C(C#N)(c1ccccc1)c1ccccc1)C2.[Br-]. The van der Waals surface area contributed by atoms with Crippen LogP contribution in [0.2, 0.25) is 0 Å². The Morgan fingerprint density at radius 3 is 1.65 bits per heavy atom. The third-order valence-corrected chi connectivity index (χ3v) is 7.08. The highest BCUT2D eigenvalue weighted by Crippen LogP contribution is 2.51. The van der Waals surface area contributed by atoms with Gasteiger partial charge < -0.3 is 21.5 Å². The van der Waals surface area contributed by atoms with E-state index in [2.05, 4.69) is 68.7 Å². The second-order valence-corrected chi connectivity index (χ2v) is 8.33. The van der Waals surface area contributed by atoms with Gasteiger partial charge in [0.2, 0.25) is 0 Å². The van der Waals surface area contributed by atoms with Crippen LogP contribution >= 0.6 is 0 Å². The molecule has 3 heteroatoms. The van der Waals surface area contributed by atoms with E-state index in [0.29, 0.717) is 18.0 Å². The van der Waals surface area contributed by atoms with Crippen LogP contribution in [0.5, 0.6) is 0 Å².